The second-order valence-corrected chi connectivity index (χ2v) is 4.55. The van der Waals surface area contributed by atoms with Crippen LogP contribution in [0.2, 0.25) is 5.02 Å². The van der Waals surface area contributed by atoms with Gasteiger partial charge in [-0.3, -0.25) is 0 Å². The van der Waals surface area contributed by atoms with Crippen LogP contribution in [0.25, 0.3) is 6.08 Å². The Labute approximate surface area is 129 Å². The zero-order valence-corrected chi connectivity index (χ0v) is 12.0. The molecule has 2 rings (SSSR count). The van der Waals surface area contributed by atoms with Crippen molar-refractivity contribution in [1.29, 1.82) is 0 Å². The van der Waals surface area contributed by atoms with Crippen LogP contribution in [0.3, 0.4) is 0 Å². The highest BCUT2D eigenvalue weighted by Gasteiger charge is 1.96. The summed E-state index contributed by atoms with van der Waals surface area (Å²) in [6, 6.07) is 16.9. The standard InChI is InChI=1S/C18H13ClO2/c19-17-11-5-4-10-16(17)12-13-18(20)21-14-6-9-15-7-2-1-3-8-15/h1-11H,14H2/b9-6+. The molecule has 0 fully saturated rings. The Hall–Kier alpha value is -2.50. The molecule has 2 aromatic carbocycles. The molecule has 0 radical (unpaired) electrons. The van der Waals surface area contributed by atoms with Crippen molar-refractivity contribution in [3.63, 3.8) is 0 Å². The van der Waals surface area contributed by atoms with Crippen LogP contribution < -0.4 is 0 Å². The van der Waals surface area contributed by atoms with Gasteiger partial charge in [0, 0.05) is 11.5 Å². The lowest BCUT2D eigenvalue weighted by Gasteiger charge is -1.95. The largest absolute Gasteiger partial charge is 0.452 e. The van der Waals surface area contributed by atoms with Crippen molar-refractivity contribution in [2.45, 2.75) is 0 Å². The van der Waals surface area contributed by atoms with E-state index in [1.165, 1.54) is 0 Å². The minimum Gasteiger partial charge on any atom is -0.452 e. The Kier molecular flexibility index (Phi) is 5.63. The maximum atomic E-state index is 11.5. The van der Waals surface area contributed by atoms with E-state index in [0.29, 0.717) is 10.6 Å². The molecule has 0 saturated carbocycles. The molecule has 0 atom stereocenters. The number of ether oxygens (including phenoxy) is 1. The molecule has 0 aromatic heterocycles. The average molecular weight is 297 g/mol. The normalized spacial score (nSPS) is 9.95. The lowest BCUT2D eigenvalue weighted by Crippen LogP contribution is -2.00. The van der Waals surface area contributed by atoms with E-state index in [4.69, 9.17) is 16.3 Å². The number of carbonyl (C=O) groups excluding carboxylic acids is 1. The Bertz CT molecular complexity index is 694. The Morgan fingerprint density at radius 3 is 2.57 bits per heavy atom. The van der Waals surface area contributed by atoms with E-state index < -0.39 is 5.97 Å². The fourth-order valence-corrected chi connectivity index (χ4v) is 1.77. The smallest absolute Gasteiger partial charge is 0.385 e. The molecule has 0 saturated heterocycles. The lowest BCUT2D eigenvalue weighted by atomic mass is 10.2. The van der Waals surface area contributed by atoms with Gasteiger partial charge in [0.2, 0.25) is 0 Å². The first-order chi connectivity index (χ1) is 10.3. The summed E-state index contributed by atoms with van der Waals surface area (Å²) in [5.41, 5.74) is 1.66. The molecule has 0 N–H and O–H groups in total. The van der Waals surface area contributed by atoms with Crippen molar-refractivity contribution in [2.24, 2.45) is 0 Å². The maximum absolute atomic E-state index is 11.5. The van der Waals surface area contributed by atoms with Gasteiger partial charge in [-0.15, -0.1) is 0 Å². The summed E-state index contributed by atoms with van der Waals surface area (Å²) in [4.78, 5) is 11.5. The van der Waals surface area contributed by atoms with Gasteiger partial charge in [0.25, 0.3) is 0 Å². The Morgan fingerprint density at radius 2 is 1.81 bits per heavy atom. The van der Waals surface area contributed by atoms with Crippen molar-refractivity contribution in [3.05, 3.63) is 76.8 Å². The van der Waals surface area contributed by atoms with Crippen LogP contribution in [0.15, 0.2) is 60.7 Å². The molecule has 0 unspecified atom stereocenters. The maximum Gasteiger partial charge on any atom is 0.385 e. The zero-order valence-electron chi connectivity index (χ0n) is 11.3. The van der Waals surface area contributed by atoms with Crippen molar-refractivity contribution in [2.75, 3.05) is 6.61 Å². The predicted molar refractivity (Wildman–Crippen MR) is 84.8 cm³/mol. The highest BCUT2D eigenvalue weighted by atomic mass is 35.5. The van der Waals surface area contributed by atoms with Crippen LogP contribution in [0.1, 0.15) is 11.1 Å². The molecule has 0 aliphatic rings. The molecule has 0 spiro atoms. The second-order valence-electron chi connectivity index (χ2n) is 4.14. The van der Waals surface area contributed by atoms with Crippen molar-refractivity contribution < 1.29 is 9.53 Å². The van der Waals surface area contributed by atoms with Gasteiger partial charge in [0.1, 0.15) is 6.61 Å². The van der Waals surface area contributed by atoms with Gasteiger partial charge in [-0.25, -0.2) is 4.79 Å². The summed E-state index contributed by atoms with van der Waals surface area (Å²) in [5, 5.41) is 0.516. The third-order valence-electron chi connectivity index (χ3n) is 2.59. The number of benzene rings is 2. The summed E-state index contributed by atoms with van der Waals surface area (Å²) in [5.74, 6) is 4.52. The van der Waals surface area contributed by atoms with Gasteiger partial charge in [0.05, 0.1) is 5.02 Å². The van der Waals surface area contributed by atoms with Gasteiger partial charge >= 0.3 is 5.97 Å². The van der Waals surface area contributed by atoms with E-state index in [1.54, 1.807) is 24.3 Å². The quantitative estimate of drug-likeness (QED) is 0.633. The number of hydrogen-bond acceptors (Lipinski definition) is 2. The molecular formula is C18H13ClO2. The van der Waals surface area contributed by atoms with Crippen LogP contribution in [-0.4, -0.2) is 12.6 Å². The van der Waals surface area contributed by atoms with Crippen LogP contribution in [-0.2, 0) is 9.53 Å². The Morgan fingerprint density at radius 1 is 1.10 bits per heavy atom. The summed E-state index contributed by atoms with van der Waals surface area (Å²) < 4.78 is 4.98. The predicted octanol–water partition coefficient (Wildman–Crippen LogP) is 3.95. The van der Waals surface area contributed by atoms with E-state index in [1.807, 2.05) is 42.5 Å². The van der Waals surface area contributed by atoms with Crippen molar-refractivity contribution in [1.82, 2.24) is 0 Å². The molecule has 0 heterocycles. The van der Waals surface area contributed by atoms with E-state index in [9.17, 15) is 4.79 Å². The van der Waals surface area contributed by atoms with Gasteiger partial charge in [-0.2, -0.15) is 0 Å². The average Bonchev–Trinajstić information content (AvgIpc) is 2.52. The third kappa shape index (κ3) is 5.18. The first-order valence-electron chi connectivity index (χ1n) is 6.40. The van der Waals surface area contributed by atoms with E-state index in [0.717, 1.165) is 5.56 Å². The van der Waals surface area contributed by atoms with Gasteiger partial charge < -0.3 is 4.74 Å². The molecule has 3 heteroatoms. The monoisotopic (exact) mass is 296 g/mol. The van der Waals surface area contributed by atoms with E-state index >= 15 is 0 Å². The first-order valence-corrected chi connectivity index (χ1v) is 6.78. The van der Waals surface area contributed by atoms with Crippen molar-refractivity contribution >= 4 is 23.6 Å². The van der Waals surface area contributed by atoms with Crippen LogP contribution in [0.5, 0.6) is 0 Å². The number of hydrogen-bond donors (Lipinski definition) is 0. The lowest BCUT2D eigenvalue weighted by molar-refractivity contribution is -0.135. The molecule has 0 aliphatic carbocycles. The summed E-state index contributed by atoms with van der Waals surface area (Å²) in [6.45, 7) is 0.185. The summed E-state index contributed by atoms with van der Waals surface area (Å²) in [6.07, 6.45) is 3.65. The minimum atomic E-state index is -0.576. The summed E-state index contributed by atoms with van der Waals surface area (Å²) in [7, 11) is 0. The first kappa shape index (κ1) is 14.9. The van der Waals surface area contributed by atoms with Gasteiger partial charge in [0.15, 0.2) is 0 Å². The minimum absolute atomic E-state index is 0.185. The topological polar surface area (TPSA) is 26.3 Å². The molecule has 0 amide bonds. The molecule has 2 nitrogen and oxygen atoms in total. The van der Waals surface area contributed by atoms with Crippen LogP contribution in [0, 0.1) is 11.8 Å². The second kappa shape index (κ2) is 7.94. The fourth-order valence-electron chi connectivity index (χ4n) is 1.59. The zero-order chi connectivity index (χ0) is 14.9. The molecule has 0 bridgehead atoms. The van der Waals surface area contributed by atoms with Crippen molar-refractivity contribution in [3.8, 4) is 11.8 Å². The number of carbonyl (C=O) groups is 1. The molecule has 104 valence electrons. The molecule has 21 heavy (non-hydrogen) atoms. The van der Waals surface area contributed by atoms with Gasteiger partial charge in [-0.05, 0) is 23.8 Å². The van der Waals surface area contributed by atoms with Crippen LogP contribution >= 0.6 is 11.6 Å². The number of rotatable bonds is 3. The highest BCUT2D eigenvalue weighted by molar-refractivity contribution is 6.31. The van der Waals surface area contributed by atoms with E-state index in [2.05, 4.69) is 11.8 Å². The highest BCUT2D eigenvalue weighted by Crippen LogP contribution is 2.12. The number of halogens is 1. The molecule has 0 aliphatic heterocycles. The third-order valence-corrected chi connectivity index (χ3v) is 2.92. The number of esters is 1. The SMILES string of the molecule is O=C(C#Cc1ccccc1Cl)OC/C=C/c1ccccc1. The summed E-state index contributed by atoms with van der Waals surface area (Å²) >= 11 is 5.94. The van der Waals surface area contributed by atoms with E-state index in [-0.39, 0.29) is 6.61 Å². The molecular weight excluding hydrogens is 284 g/mol. The fraction of sp³-hybridized carbons (Fsp3) is 0.0556. The Balaban J connectivity index is 1.84. The molecule has 2 aromatic rings. The van der Waals surface area contributed by atoms with Crippen LogP contribution in [0.4, 0.5) is 0 Å². The van der Waals surface area contributed by atoms with Gasteiger partial charge in [-0.1, -0.05) is 66.1 Å².